The quantitative estimate of drug-likeness (QED) is 0.464. The van der Waals surface area contributed by atoms with Gasteiger partial charge in [-0.2, -0.15) is 5.26 Å². The predicted molar refractivity (Wildman–Crippen MR) is 39.1 cm³/mol. The van der Waals surface area contributed by atoms with E-state index in [4.69, 9.17) is 5.26 Å². The molecular weight excluding hydrogens is 122 g/mol. The molecule has 0 heterocycles. The van der Waals surface area contributed by atoms with E-state index in [0.29, 0.717) is 11.8 Å². The summed E-state index contributed by atoms with van der Waals surface area (Å²) in [5.41, 5.74) is 0. The Morgan fingerprint density at radius 2 is 2.20 bits per heavy atom. The maximum atomic E-state index is 8.73. The predicted octanol–water partition coefficient (Wildman–Crippen LogP) is 2.11. The molecule has 0 radical (unpaired) electrons. The van der Waals surface area contributed by atoms with E-state index >= 15 is 0 Å². The molecule has 1 fully saturated rings. The van der Waals surface area contributed by atoms with Gasteiger partial charge in [-0.05, 0) is 31.1 Å². The van der Waals surface area contributed by atoms with Crippen molar-refractivity contribution < 1.29 is 0 Å². The molecule has 1 heteroatoms. The van der Waals surface area contributed by atoms with Gasteiger partial charge in [0.05, 0.1) is 12.0 Å². The molecule has 0 aromatic heterocycles. The highest BCUT2D eigenvalue weighted by Gasteiger charge is 2.31. The minimum atomic E-state index is 0.337. The van der Waals surface area contributed by atoms with Gasteiger partial charge in [-0.15, -0.1) is 0 Å². The number of nitrogens with zero attached hydrogens (tertiary/aromatic N) is 1. The first-order valence-electron chi connectivity index (χ1n) is 3.98. The topological polar surface area (TPSA) is 23.8 Å². The van der Waals surface area contributed by atoms with E-state index in [0.717, 1.165) is 12.3 Å². The van der Waals surface area contributed by atoms with Crippen LogP contribution in [0.1, 0.15) is 19.3 Å². The highest BCUT2D eigenvalue weighted by Crippen LogP contribution is 2.39. The summed E-state index contributed by atoms with van der Waals surface area (Å²) in [4.78, 5) is 0. The van der Waals surface area contributed by atoms with Gasteiger partial charge >= 0.3 is 0 Å². The summed E-state index contributed by atoms with van der Waals surface area (Å²) in [5, 5.41) is 8.73. The molecule has 2 bridgehead atoms. The Kier molecular flexibility index (Phi) is 1.27. The molecule has 0 aliphatic heterocycles. The molecule has 0 amide bonds. The van der Waals surface area contributed by atoms with Crippen LogP contribution >= 0.6 is 0 Å². The van der Waals surface area contributed by atoms with E-state index in [1.54, 1.807) is 0 Å². The molecule has 0 N–H and O–H groups in total. The second-order valence-corrected chi connectivity index (χ2v) is 3.36. The van der Waals surface area contributed by atoms with Crippen LogP contribution in [0.4, 0.5) is 0 Å². The Morgan fingerprint density at radius 1 is 1.30 bits per heavy atom. The van der Waals surface area contributed by atoms with Crippen LogP contribution in [0, 0.1) is 29.1 Å². The van der Waals surface area contributed by atoms with Gasteiger partial charge in [0.15, 0.2) is 0 Å². The molecule has 10 heavy (non-hydrogen) atoms. The lowest BCUT2D eigenvalue weighted by molar-refractivity contribution is 0.269. The van der Waals surface area contributed by atoms with Crippen molar-refractivity contribution in [2.24, 2.45) is 17.8 Å². The molecule has 3 aliphatic carbocycles. The monoisotopic (exact) mass is 133 g/mol. The molecule has 0 aromatic rings. The largest absolute Gasteiger partial charge is 0.198 e. The summed E-state index contributed by atoms with van der Waals surface area (Å²) in [5.74, 6) is 1.66. The van der Waals surface area contributed by atoms with Gasteiger partial charge in [-0.1, -0.05) is 12.2 Å². The average Bonchev–Trinajstić information content (AvgIpc) is 2.06. The molecular formula is C9H11N. The Labute approximate surface area is 61.4 Å². The van der Waals surface area contributed by atoms with Crippen LogP contribution in [0.3, 0.4) is 0 Å². The maximum absolute atomic E-state index is 8.73. The molecule has 3 aliphatic rings. The Morgan fingerprint density at radius 3 is 2.50 bits per heavy atom. The first-order valence-corrected chi connectivity index (χ1v) is 3.98. The standard InChI is InChI=1S/C9H11N/c10-6-9-5-7-1-3-8(9)4-2-7/h1,3,7-9H,2,4-5H2/t7-,8+,9+/m0/s1. The van der Waals surface area contributed by atoms with Crippen molar-refractivity contribution in [2.75, 3.05) is 0 Å². The molecule has 0 spiro atoms. The van der Waals surface area contributed by atoms with Gasteiger partial charge in [-0.3, -0.25) is 0 Å². The van der Waals surface area contributed by atoms with Crippen molar-refractivity contribution in [2.45, 2.75) is 19.3 Å². The third-order valence-corrected chi connectivity index (χ3v) is 2.74. The zero-order chi connectivity index (χ0) is 6.97. The zero-order valence-electron chi connectivity index (χ0n) is 5.96. The highest BCUT2D eigenvalue weighted by atomic mass is 14.4. The number of hydrogen-bond donors (Lipinski definition) is 0. The van der Waals surface area contributed by atoms with E-state index in [2.05, 4.69) is 18.2 Å². The number of nitriles is 1. The molecule has 1 nitrogen and oxygen atoms in total. The smallest absolute Gasteiger partial charge is 0.0662 e. The number of rotatable bonds is 0. The zero-order valence-corrected chi connectivity index (χ0v) is 5.96. The third kappa shape index (κ3) is 0.759. The summed E-state index contributed by atoms with van der Waals surface area (Å²) in [6, 6.07) is 2.38. The van der Waals surface area contributed by atoms with Gasteiger partial charge in [0.2, 0.25) is 0 Å². The van der Waals surface area contributed by atoms with Crippen LogP contribution in [0.5, 0.6) is 0 Å². The maximum Gasteiger partial charge on any atom is 0.0662 e. The number of hydrogen-bond acceptors (Lipinski definition) is 1. The molecule has 3 atom stereocenters. The van der Waals surface area contributed by atoms with E-state index < -0.39 is 0 Å². The molecule has 1 saturated carbocycles. The summed E-state index contributed by atoms with van der Waals surface area (Å²) in [7, 11) is 0. The highest BCUT2D eigenvalue weighted by molar-refractivity contribution is 5.10. The molecule has 0 aromatic carbocycles. The number of allylic oxidation sites excluding steroid dienone is 2. The fraction of sp³-hybridized carbons (Fsp3) is 0.667. The van der Waals surface area contributed by atoms with Crippen molar-refractivity contribution >= 4 is 0 Å². The second kappa shape index (κ2) is 2.12. The van der Waals surface area contributed by atoms with Crippen LogP contribution in [0.15, 0.2) is 12.2 Å². The van der Waals surface area contributed by atoms with Crippen LogP contribution < -0.4 is 0 Å². The van der Waals surface area contributed by atoms with E-state index in [-0.39, 0.29) is 0 Å². The van der Waals surface area contributed by atoms with Crippen molar-refractivity contribution in [1.29, 1.82) is 5.26 Å². The van der Waals surface area contributed by atoms with Gasteiger partial charge in [0.1, 0.15) is 0 Å². The van der Waals surface area contributed by atoms with E-state index in [1.807, 2.05) is 0 Å². The lowest BCUT2D eigenvalue weighted by Crippen LogP contribution is -2.25. The van der Waals surface area contributed by atoms with Crippen molar-refractivity contribution in [3.05, 3.63) is 12.2 Å². The van der Waals surface area contributed by atoms with E-state index in [9.17, 15) is 0 Å². The van der Waals surface area contributed by atoms with Crippen molar-refractivity contribution in [1.82, 2.24) is 0 Å². The molecule has 52 valence electrons. The third-order valence-electron chi connectivity index (χ3n) is 2.74. The summed E-state index contributed by atoms with van der Waals surface area (Å²) < 4.78 is 0. The fourth-order valence-electron chi connectivity index (χ4n) is 2.08. The Bertz CT molecular complexity index is 199. The fourth-order valence-corrected chi connectivity index (χ4v) is 2.08. The van der Waals surface area contributed by atoms with Crippen LogP contribution in [0.2, 0.25) is 0 Å². The van der Waals surface area contributed by atoms with Gasteiger partial charge in [0, 0.05) is 0 Å². The first-order chi connectivity index (χ1) is 4.90. The van der Waals surface area contributed by atoms with Crippen molar-refractivity contribution in [3.8, 4) is 6.07 Å². The van der Waals surface area contributed by atoms with Crippen molar-refractivity contribution in [3.63, 3.8) is 0 Å². The summed E-state index contributed by atoms with van der Waals surface area (Å²) in [6.45, 7) is 0. The normalized spacial score (nSPS) is 43.3. The lowest BCUT2D eigenvalue weighted by Gasteiger charge is -2.33. The SMILES string of the molecule is N#C[C@H]1C[C@H]2C=C[C@@H]1CC2. The van der Waals surface area contributed by atoms with E-state index in [1.165, 1.54) is 12.8 Å². The summed E-state index contributed by atoms with van der Waals surface area (Å²) >= 11 is 0. The minimum absolute atomic E-state index is 0.337. The first kappa shape index (κ1) is 5.97. The number of fused-ring (bicyclic) bond motifs is 2. The second-order valence-electron chi connectivity index (χ2n) is 3.36. The Hall–Kier alpha value is -0.770. The average molecular weight is 133 g/mol. The van der Waals surface area contributed by atoms with Crippen LogP contribution in [-0.4, -0.2) is 0 Å². The summed E-state index contributed by atoms with van der Waals surface area (Å²) in [6.07, 6.45) is 8.23. The lowest BCUT2D eigenvalue weighted by atomic mass is 9.70. The molecule has 0 unspecified atom stereocenters. The molecule has 0 saturated heterocycles. The molecule has 3 rings (SSSR count). The van der Waals surface area contributed by atoms with Gasteiger partial charge in [-0.25, -0.2) is 0 Å². The van der Waals surface area contributed by atoms with Gasteiger partial charge < -0.3 is 0 Å². The van der Waals surface area contributed by atoms with Gasteiger partial charge in [0.25, 0.3) is 0 Å². The van der Waals surface area contributed by atoms with Crippen LogP contribution in [-0.2, 0) is 0 Å². The van der Waals surface area contributed by atoms with Crippen LogP contribution in [0.25, 0.3) is 0 Å². The minimum Gasteiger partial charge on any atom is -0.198 e. The Balaban J connectivity index is 2.21.